The summed E-state index contributed by atoms with van der Waals surface area (Å²) in [6.07, 6.45) is 0. The second kappa shape index (κ2) is 7.46. The zero-order chi connectivity index (χ0) is 17.9. The third kappa shape index (κ3) is 4.22. The molecule has 0 atom stereocenters. The van der Waals surface area contributed by atoms with Gasteiger partial charge in [-0.25, -0.2) is 0 Å². The molecule has 2 aromatic rings. The Morgan fingerprint density at radius 3 is 2.48 bits per heavy atom. The minimum absolute atomic E-state index is 0.0213. The molecule has 0 spiro atoms. The van der Waals surface area contributed by atoms with Gasteiger partial charge in [0.2, 0.25) is 0 Å². The number of ether oxygens (including phenoxy) is 1. The molecule has 0 amide bonds. The number of nitro groups is 1. The fourth-order valence-electron chi connectivity index (χ4n) is 2.26. The van der Waals surface area contributed by atoms with E-state index in [-0.39, 0.29) is 5.69 Å². The number of hydrogen-bond acceptors (Lipinski definition) is 4. The van der Waals surface area contributed by atoms with Gasteiger partial charge in [-0.3, -0.25) is 10.1 Å². The van der Waals surface area contributed by atoms with Crippen molar-refractivity contribution in [3.8, 4) is 5.75 Å². The summed E-state index contributed by atoms with van der Waals surface area (Å²) >= 11 is 3.36. The van der Waals surface area contributed by atoms with Crippen LogP contribution in [-0.2, 0) is 6.54 Å². The van der Waals surface area contributed by atoms with E-state index in [1.54, 1.807) is 38.0 Å². The largest absolute Gasteiger partial charge is 0.497 e. The Labute approximate surface area is 145 Å². The minimum atomic E-state index is -1.04. The van der Waals surface area contributed by atoms with Crippen molar-refractivity contribution < 1.29 is 11.0 Å². The van der Waals surface area contributed by atoms with Gasteiger partial charge in [-0.1, -0.05) is 28.1 Å². The Kier molecular flexibility index (Phi) is 5.12. The fraction of sp³-hybridized carbons (Fsp3) is 0.294. The lowest BCUT2D eigenvalue weighted by Crippen LogP contribution is -2.30. The van der Waals surface area contributed by atoms with Gasteiger partial charge in [0.1, 0.15) is 11.4 Å². The maximum absolute atomic E-state index is 11.4. The van der Waals surface area contributed by atoms with Crippen molar-refractivity contribution in [1.29, 1.82) is 0 Å². The summed E-state index contributed by atoms with van der Waals surface area (Å²) in [6, 6.07) is 11.2. The van der Waals surface area contributed by atoms with Gasteiger partial charge >= 0.3 is 0 Å². The number of nitro benzene ring substituents is 1. The Balaban J connectivity index is 2.46. The molecule has 0 aromatic heterocycles. The van der Waals surface area contributed by atoms with Gasteiger partial charge in [0.25, 0.3) is 5.69 Å². The molecule has 2 rings (SSSR count). The van der Waals surface area contributed by atoms with E-state index in [0.717, 1.165) is 15.8 Å². The van der Waals surface area contributed by atoms with E-state index in [0.29, 0.717) is 12.2 Å². The topological polar surface area (TPSA) is 55.6 Å². The number of anilines is 1. The Bertz CT molecular complexity index is 730. The molecule has 6 heteroatoms. The molecular weight excluding hydrogens is 360 g/mol. The summed E-state index contributed by atoms with van der Waals surface area (Å²) in [6.45, 7) is 3.79. The number of benzene rings is 2. The van der Waals surface area contributed by atoms with Crippen LogP contribution in [0.1, 0.15) is 20.8 Å². The lowest BCUT2D eigenvalue weighted by Gasteiger charge is -2.29. The Morgan fingerprint density at radius 2 is 1.96 bits per heavy atom. The number of methoxy groups -OCH3 is 1. The van der Waals surface area contributed by atoms with E-state index in [1.807, 2.05) is 24.3 Å². The molecule has 2 aromatic carbocycles. The fourth-order valence-corrected chi connectivity index (χ4v) is 2.61. The molecule has 0 unspecified atom stereocenters. The molecule has 0 N–H and O–H groups in total. The SMILES string of the molecule is [2H]C(C)(C)N(Cc1ccc(OC)cc1)c1cc(Br)ccc1[N+](=O)[O-]. The summed E-state index contributed by atoms with van der Waals surface area (Å²) in [7, 11) is 1.60. The van der Waals surface area contributed by atoms with Crippen LogP contribution in [-0.4, -0.2) is 18.1 Å². The van der Waals surface area contributed by atoms with E-state index < -0.39 is 10.9 Å². The van der Waals surface area contributed by atoms with Crippen molar-refractivity contribution in [2.75, 3.05) is 12.0 Å². The van der Waals surface area contributed by atoms with Crippen molar-refractivity contribution >= 4 is 27.3 Å². The highest BCUT2D eigenvalue weighted by Gasteiger charge is 2.22. The van der Waals surface area contributed by atoms with Gasteiger partial charge in [0, 0.05) is 23.1 Å². The van der Waals surface area contributed by atoms with Crippen molar-refractivity contribution in [2.45, 2.75) is 26.4 Å². The van der Waals surface area contributed by atoms with Crippen molar-refractivity contribution in [3.63, 3.8) is 0 Å². The molecule has 5 nitrogen and oxygen atoms in total. The van der Waals surface area contributed by atoms with E-state index in [4.69, 9.17) is 6.11 Å². The monoisotopic (exact) mass is 379 g/mol. The Morgan fingerprint density at radius 1 is 1.30 bits per heavy atom. The minimum Gasteiger partial charge on any atom is -0.497 e. The maximum atomic E-state index is 11.4. The van der Waals surface area contributed by atoms with Gasteiger partial charge in [0.15, 0.2) is 0 Å². The molecule has 23 heavy (non-hydrogen) atoms. The summed E-state index contributed by atoms with van der Waals surface area (Å²) in [5.74, 6) is 0.740. The third-order valence-electron chi connectivity index (χ3n) is 3.46. The molecule has 0 saturated heterocycles. The number of halogens is 1. The molecule has 0 heterocycles. The summed E-state index contributed by atoms with van der Waals surface area (Å²) in [5.41, 5.74) is 1.32. The zero-order valence-electron chi connectivity index (χ0n) is 14.2. The van der Waals surface area contributed by atoms with Crippen molar-refractivity contribution in [2.24, 2.45) is 0 Å². The first kappa shape index (κ1) is 15.8. The van der Waals surface area contributed by atoms with E-state index >= 15 is 0 Å². The average molecular weight is 380 g/mol. The third-order valence-corrected chi connectivity index (χ3v) is 3.96. The molecule has 122 valence electrons. The van der Waals surface area contributed by atoms with Crippen molar-refractivity contribution in [3.05, 3.63) is 62.6 Å². The summed E-state index contributed by atoms with van der Waals surface area (Å²) < 4.78 is 14.3. The highest BCUT2D eigenvalue weighted by atomic mass is 79.9. The second-order valence-corrected chi connectivity index (χ2v) is 6.19. The van der Waals surface area contributed by atoms with Gasteiger partial charge in [-0.05, 0) is 43.7 Å². The molecule has 0 fully saturated rings. The number of rotatable bonds is 6. The van der Waals surface area contributed by atoms with Gasteiger partial charge < -0.3 is 9.64 Å². The molecule has 0 saturated carbocycles. The van der Waals surface area contributed by atoms with Crippen LogP contribution < -0.4 is 9.64 Å². The molecule has 0 aliphatic carbocycles. The predicted molar refractivity (Wildman–Crippen MR) is 95.1 cm³/mol. The standard InChI is InChI=1S/C17H19BrN2O3/c1-12(2)19(11-13-4-7-15(23-3)8-5-13)17-10-14(18)6-9-16(17)20(21)22/h4-10,12H,11H2,1-3H3/i12D. The number of nitrogens with zero attached hydrogens (tertiary/aromatic N) is 2. The molecule has 0 radical (unpaired) electrons. The predicted octanol–water partition coefficient (Wildman–Crippen LogP) is 4.78. The summed E-state index contributed by atoms with van der Waals surface area (Å²) in [4.78, 5) is 12.7. The molecular formula is C17H19BrN2O3. The van der Waals surface area contributed by atoms with Crippen LogP contribution in [0.15, 0.2) is 46.9 Å². The highest BCUT2D eigenvalue weighted by molar-refractivity contribution is 9.10. The highest BCUT2D eigenvalue weighted by Crippen LogP contribution is 2.33. The maximum Gasteiger partial charge on any atom is 0.292 e. The first-order chi connectivity index (χ1) is 11.2. The summed E-state index contributed by atoms with van der Waals surface area (Å²) in [5, 5.41) is 11.4. The zero-order valence-corrected chi connectivity index (χ0v) is 14.8. The average Bonchev–Trinajstić information content (AvgIpc) is 2.51. The quantitative estimate of drug-likeness (QED) is 0.535. The van der Waals surface area contributed by atoms with E-state index in [9.17, 15) is 10.1 Å². The van der Waals surface area contributed by atoms with Crippen LogP contribution in [0.4, 0.5) is 11.4 Å². The number of hydrogen-bond donors (Lipinski definition) is 0. The van der Waals surface area contributed by atoms with E-state index in [2.05, 4.69) is 15.9 Å². The van der Waals surface area contributed by atoms with Crippen LogP contribution in [0.3, 0.4) is 0 Å². The van der Waals surface area contributed by atoms with Crippen LogP contribution in [0.5, 0.6) is 5.75 Å². The first-order valence-corrected chi connectivity index (χ1v) is 7.86. The Hall–Kier alpha value is -2.08. The van der Waals surface area contributed by atoms with Crippen LogP contribution >= 0.6 is 15.9 Å². The lowest BCUT2D eigenvalue weighted by molar-refractivity contribution is -0.384. The van der Waals surface area contributed by atoms with E-state index in [1.165, 1.54) is 6.07 Å². The first-order valence-electron chi connectivity index (χ1n) is 7.57. The normalized spacial score (nSPS) is 11.7. The molecule has 0 bridgehead atoms. The second-order valence-electron chi connectivity index (χ2n) is 5.27. The van der Waals surface area contributed by atoms with Crippen LogP contribution in [0.25, 0.3) is 0 Å². The molecule has 0 aliphatic rings. The van der Waals surface area contributed by atoms with Crippen molar-refractivity contribution in [1.82, 2.24) is 0 Å². The molecule has 0 aliphatic heterocycles. The smallest absolute Gasteiger partial charge is 0.292 e. The van der Waals surface area contributed by atoms with Gasteiger partial charge in [-0.15, -0.1) is 0 Å². The van der Waals surface area contributed by atoms with Crippen LogP contribution in [0, 0.1) is 10.1 Å². The van der Waals surface area contributed by atoms with Gasteiger partial charge in [0.05, 0.1) is 13.4 Å². The lowest BCUT2D eigenvalue weighted by atomic mass is 10.1. The van der Waals surface area contributed by atoms with Gasteiger partial charge in [-0.2, -0.15) is 0 Å². The van der Waals surface area contributed by atoms with Crippen LogP contribution in [0.2, 0.25) is 0 Å².